The molecule has 2 fully saturated rings. The number of piperidine rings is 1. The van der Waals surface area contributed by atoms with Crippen LogP contribution in [0.2, 0.25) is 0 Å². The fourth-order valence-electron chi connectivity index (χ4n) is 3.37. The summed E-state index contributed by atoms with van der Waals surface area (Å²) in [5, 5.41) is 0. The number of amides is 1. The van der Waals surface area contributed by atoms with Gasteiger partial charge in [0.05, 0.1) is 5.56 Å². The minimum Gasteiger partial charge on any atom is -0.398 e. The van der Waals surface area contributed by atoms with Gasteiger partial charge in [0.25, 0.3) is 5.91 Å². The van der Waals surface area contributed by atoms with E-state index in [0.717, 1.165) is 19.5 Å². The fourth-order valence-corrected chi connectivity index (χ4v) is 3.37. The van der Waals surface area contributed by atoms with E-state index in [-0.39, 0.29) is 5.91 Å². The van der Waals surface area contributed by atoms with Crippen molar-refractivity contribution in [3.63, 3.8) is 0 Å². The van der Waals surface area contributed by atoms with Gasteiger partial charge in [-0.25, -0.2) is 0 Å². The predicted molar refractivity (Wildman–Crippen MR) is 80.6 cm³/mol. The van der Waals surface area contributed by atoms with Crippen molar-refractivity contribution in [3.05, 3.63) is 29.8 Å². The fraction of sp³-hybridized carbons (Fsp3) is 0.562. The largest absolute Gasteiger partial charge is 0.398 e. The molecule has 2 saturated heterocycles. The van der Waals surface area contributed by atoms with E-state index in [1.165, 1.54) is 32.4 Å². The number of nitrogens with two attached hydrogens (primary N) is 1. The third-order valence-corrected chi connectivity index (χ3v) is 4.55. The van der Waals surface area contributed by atoms with E-state index in [1.807, 2.05) is 23.1 Å². The van der Waals surface area contributed by atoms with Crippen molar-refractivity contribution in [1.82, 2.24) is 9.80 Å². The van der Waals surface area contributed by atoms with Crippen molar-refractivity contribution in [1.29, 1.82) is 0 Å². The van der Waals surface area contributed by atoms with Crippen LogP contribution in [0.25, 0.3) is 0 Å². The zero-order chi connectivity index (χ0) is 13.9. The molecule has 0 radical (unpaired) electrons. The Morgan fingerprint density at radius 2 is 1.85 bits per heavy atom. The molecular formula is C16H23N3O. The third-order valence-electron chi connectivity index (χ3n) is 4.55. The lowest BCUT2D eigenvalue weighted by molar-refractivity contribution is 0.0772. The molecule has 2 aliphatic heterocycles. The lowest BCUT2D eigenvalue weighted by atomic mass is 10.1. The molecule has 1 aromatic carbocycles. The van der Waals surface area contributed by atoms with Crippen molar-refractivity contribution in [2.75, 3.05) is 31.9 Å². The molecule has 4 heteroatoms. The first-order chi connectivity index (χ1) is 9.75. The van der Waals surface area contributed by atoms with Gasteiger partial charge in [0.1, 0.15) is 0 Å². The molecule has 3 rings (SSSR count). The van der Waals surface area contributed by atoms with E-state index in [0.29, 0.717) is 17.3 Å². The number of carbonyl (C=O) groups is 1. The molecule has 2 aliphatic rings. The van der Waals surface area contributed by atoms with Crippen LogP contribution >= 0.6 is 0 Å². The summed E-state index contributed by atoms with van der Waals surface area (Å²) in [6.07, 6.45) is 5.05. The second-order valence-corrected chi connectivity index (χ2v) is 5.88. The molecule has 2 heterocycles. The minimum absolute atomic E-state index is 0.0857. The van der Waals surface area contributed by atoms with Crippen LogP contribution in [-0.4, -0.2) is 47.9 Å². The van der Waals surface area contributed by atoms with Gasteiger partial charge in [-0.15, -0.1) is 0 Å². The standard InChI is InChI=1S/C16H23N3O/c17-15-7-3-2-6-14(15)16(20)19-11-8-13(12-19)18-9-4-1-5-10-18/h2-3,6-7,13H,1,4-5,8-12,17H2. The molecule has 108 valence electrons. The topological polar surface area (TPSA) is 49.6 Å². The molecule has 1 aromatic rings. The minimum atomic E-state index is 0.0857. The van der Waals surface area contributed by atoms with Crippen LogP contribution in [0.4, 0.5) is 5.69 Å². The van der Waals surface area contributed by atoms with Gasteiger partial charge in [-0.3, -0.25) is 9.69 Å². The number of likely N-dealkylation sites (tertiary alicyclic amines) is 2. The first-order valence-corrected chi connectivity index (χ1v) is 7.63. The average molecular weight is 273 g/mol. The lowest BCUT2D eigenvalue weighted by Gasteiger charge is -2.32. The Hall–Kier alpha value is -1.55. The highest BCUT2D eigenvalue weighted by atomic mass is 16.2. The van der Waals surface area contributed by atoms with Gasteiger partial charge >= 0.3 is 0 Å². The van der Waals surface area contributed by atoms with Crippen LogP contribution in [0.5, 0.6) is 0 Å². The number of rotatable bonds is 2. The van der Waals surface area contributed by atoms with Gasteiger partial charge in [0, 0.05) is 24.8 Å². The molecule has 2 N–H and O–H groups in total. The molecule has 1 atom stereocenters. The van der Waals surface area contributed by atoms with E-state index in [4.69, 9.17) is 5.73 Å². The van der Waals surface area contributed by atoms with Crippen molar-refractivity contribution in [2.24, 2.45) is 0 Å². The summed E-state index contributed by atoms with van der Waals surface area (Å²) in [6.45, 7) is 4.10. The molecular weight excluding hydrogens is 250 g/mol. The number of benzene rings is 1. The van der Waals surface area contributed by atoms with Gasteiger partial charge < -0.3 is 10.6 Å². The van der Waals surface area contributed by atoms with Gasteiger partial charge in [0.2, 0.25) is 0 Å². The predicted octanol–water partition coefficient (Wildman–Crippen LogP) is 1.97. The van der Waals surface area contributed by atoms with Crippen molar-refractivity contribution >= 4 is 11.6 Å². The van der Waals surface area contributed by atoms with Gasteiger partial charge in [-0.1, -0.05) is 18.6 Å². The molecule has 20 heavy (non-hydrogen) atoms. The maximum absolute atomic E-state index is 12.5. The van der Waals surface area contributed by atoms with E-state index in [9.17, 15) is 4.79 Å². The summed E-state index contributed by atoms with van der Waals surface area (Å²) in [5.74, 6) is 0.0857. The summed E-state index contributed by atoms with van der Waals surface area (Å²) >= 11 is 0. The molecule has 4 nitrogen and oxygen atoms in total. The summed E-state index contributed by atoms with van der Waals surface area (Å²) in [5.41, 5.74) is 7.14. The first-order valence-electron chi connectivity index (χ1n) is 7.63. The molecule has 0 aromatic heterocycles. The number of hydrogen-bond acceptors (Lipinski definition) is 3. The van der Waals surface area contributed by atoms with Crippen LogP contribution in [0.3, 0.4) is 0 Å². The molecule has 0 bridgehead atoms. The number of hydrogen-bond donors (Lipinski definition) is 1. The number of nitrogens with zero attached hydrogens (tertiary/aromatic N) is 2. The number of anilines is 1. The zero-order valence-electron chi connectivity index (χ0n) is 11.9. The Balaban J connectivity index is 1.65. The Kier molecular flexibility index (Phi) is 3.92. The molecule has 0 saturated carbocycles. The number of para-hydroxylation sites is 1. The van der Waals surface area contributed by atoms with Gasteiger partial charge in [-0.2, -0.15) is 0 Å². The summed E-state index contributed by atoms with van der Waals surface area (Å²) < 4.78 is 0. The quantitative estimate of drug-likeness (QED) is 0.838. The van der Waals surface area contributed by atoms with E-state index >= 15 is 0 Å². The molecule has 1 unspecified atom stereocenters. The van der Waals surface area contributed by atoms with E-state index in [1.54, 1.807) is 6.07 Å². The van der Waals surface area contributed by atoms with Crippen LogP contribution in [0.15, 0.2) is 24.3 Å². The lowest BCUT2D eigenvalue weighted by Crippen LogP contribution is -2.41. The summed E-state index contributed by atoms with van der Waals surface area (Å²) in [7, 11) is 0. The van der Waals surface area contributed by atoms with Crippen LogP contribution in [0, 0.1) is 0 Å². The van der Waals surface area contributed by atoms with Crippen molar-refractivity contribution < 1.29 is 4.79 Å². The molecule has 0 spiro atoms. The van der Waals surface area contributed by atoms with E-state index in [2.05, 4.69) is 4.90 Å². The molecule has 1 amide bonds. The van der Waals surface area contributed by atoms with Crippen LogP contribution in [-0.2, 0) is 0 Å². The van der Waals surface area contributed by atoms with Gasteiger partial charge in [-0.05, 0) is 44.5 Å². The average Bonchev–Trinajstić information content (AvgIpc) is 2.98. The van der Waals surface area contributed by atoms with E-state index < -0.39 is 0 Å². The Labute approximate surface area is 120 Å². The van der Waals surface area contributed by atoms with Crippen LogP contribution in [0.1, 0.15) is 36.0 Å². The van der Waals surface area contributed by atoms with Crippen molar-refractivity contribution in [2.45, 2.75) is 31.7 Å². The summed E-state index contributed by atoms with van der Waals surface area (Å²) in [6, 6.07) is 7.91. The maximum Gasteiger partial charge on any atom is 0.255 e. The second-order valence-electron chi connectivity index (χ2n) is 5.88. The zero-order valence-corrected chi connectivity index (χ0v) is 11.9. The SMILES string of the molecule is Nc1ccccc1C(=O)N1CCC(N2CCCCC2)C1. The van der Waals surface area contributed by atoms with Crippen LogP contribution < -0.4 is 5.73 Å². The van der Waals surface area contributed by atoms with Crippen molar-refractivity contribution in [3.8, 4) is 0 Å². The smallest absolute Gasteiger partial charge is 0.255 e. The first kappa shape index (κ1) is 13.4. The highest BCUT2D eigenvalue weighted by molar-refractivity contribution is 5.99. The highest BCUT2D eigenvalue weighted by Crippen LogP contribution is 2.23. The highest BCUT2D eigenvalue weighted by Gasteiger charge is 2.31. The number of carbonyl (C=O) groups excluding carboxylic acids is 1. The summed E-state index contributed by atoms with van der Waals surface area (Å²) in [4.78, 5) is 17.0. The van der Waals surface area contributed by atoms with Gasteiger partial charge in [0.15, 0.2) is 0 Å². The maximum atomic E-state index is 12.5. The third kappa shape index (κ3) is 2.66. The monoisotopic (exact) mass is 273 g/mol. The normalized spacial score (nSPS) is 24.0. The molecule has 0 aliphatic carbocycles. The Morgan fingerprint density at radius 1 is 1.10 bits per heavy atom. The Bertz CT molecular complexity index is 482. The Morgan fingerprint density at radius 3 is 2.60 bits per heavy atom. The second kappa shape index (κ2) is 5.83. The number of nitrogen functional groups attached to an aromatic ring is 1.